The molecule has 0 fully saturated rings. The fourth-order valence-corrected chi connectivity index (χ4v) is 0.969. The van der Waals surface area contributed by atoms with Crippen molar-refractivity contribution < 1.29 is 14.2 Å². The zero-order chi connectivity index (χ0) is 9.14. The summed E-state index contributed by atoms with van der Waals surface area (Å²) >= 11 is 0. The van der Waals surface area contributed by atoms with Gasteiger partial charge in [-0.2, -0.15) is 0 Å². The summed E-state index contributed by atoms with van der Waals surface area (Å²) in [6.45, 7) is 1.51. The molecule has 0 aliphatic heterocycles. The van der Waals surface area contributed by atoms with E-state index in [4.69, 9.17) is 9.84 Å². The fraction of sp³-hybridized carbons (Fsp3) is 0.333. The second-order valence-electron chi connectivity index (χ2n) is 2.56. The van der Waals surface area contributed by atoms with Crippen molar-refractivity contribution in [1.29, 1.82) is 0 Å². The predicted molar refractivity (Wildman–Crippen MR) is 43.6 cm³/mol. The SMILES string of the molecule is COc1ccc(F)c([C@H](C)O)c1. The van der Waals surface area contributed by atoms with Crippen LogP contribution < -0.4 is 4.74 Å². The molecule has 0 amide bonds. The Morgan fingerprint density at radius 1 is 1.50 bits per heavy atom. The summed E-state index contributed by atoms with van der Waals surface area (Å²) in [5.74, 6) is 0.137. The smallest absolute Gasteiger partial charge is 0.129 e. The third kappa shape index (κ3) is 1.74. The van der Waals surface area contributed by atoms with E-state index in [1.54, 1.807) is 0 Å². The van der Waals surface area contributed by atoms with Gasteiger partial charge in [-0.25, -0.2) is 4.39 Å². The van der Waals surface area contributed by atoms with Gasteiger partial charge in [0.25, 0.3) is 0 Å². The number of methoxy groups -OCH3 is 1. The molecule has 0 saturated heterocycles. The molecule has 0 radical (unpaired) electrons. The third-order valence-electron chi connectivity index (χ3n) is 1.65. The number of rotatable bonds is 2. The minimum atomic E-state index is -0.805. The van der Waals surface area contributed by atoms with Crippen LogP contribution in [0.1, 0.15) is 18.6 Å². The van der Waals surface area contributed by atoms with E-state index in [9.17, 15) is 4.39 Å². The molecular formula is C9H11FO2. The van der Waals surface area contributed by atoms with E-state index in [1.165, 1.54) is 32.2 Å². The highest BCUT2D eigenvalue weighted by molar-refractivity contribution is 5.30. The highest BCUT2D eigenvalue weighted by Crippen LogP contribution is 2.21. The highest BCUT2D eigenvalue weighted by Gasteiger charge is 2.08. The monoisotopic (exact) mass is 170 g/mol. The first-order chi connectivity index (χ1) is 5.65. The van der Waals surface area contributed by atoms with Crippen LogP contribution in [0.4, 0.5) is 4.39 Å². The number of aliphatic hydroxyl groups excluding tert-OH is 1. The van der Waals surface area contributed by atoms with Gasteiger partial charge in [0.2, 0.25) is 0 Å². The predicted octanol–water partition coefficient (Wildman–Crippen LogP) is 1.89. The number of ether oxygens (including phenoxy) is 1. The molecule has 1 N–H and O–H groups in total. The van der Waals surface area contributed by atoms with Crippen molar-refractivity contribution in [3.8, 4) is 5.75 Å². The second kappa shape index (κ2) is 3.54. The lowest BCUT2D eigenvalue weighted by molar-refractivity contribution is 0.193. The number of hydrogen-bond donors (Lipinski definition) is 1. The van der Waals surface area contributed by atoms with Crippen LogP contribution in [0.5, 0.6) is 5.75 Å². The molecule has 1 atom stereocenters. The van der Waals surface area contributed by atoms with Crippen molar-refractivity contribution in [1.82, 2.24) is 0 Å². The average Bonchev–Trinajstić information content (AvgIpc) is 2.05. The second-order valence-corrected chi connectivity index (χ2v) is 2.56. The summed E-state index contributed by atoms with van der Waals surface area (Å²) in [5, 5.41) is 9.13. The van der Waals surface area contributed by atoms with Crippen LogP contribution in [0.3, 0.4) is 0 Å². The largest absolute Gasteiger partial charge is 0.497 e. The zero-order valence-electron chi connectivity index (χ0n) is 7.04. The Morgan fingerprint density at radius 2 is 2.17 bits per heavy atom. The van der Waals surface area contributed by atoms with Crippen LogP contribution in [-0.2, 0) is 0 Å². The van der Waals surface area contributed by atoms with Gasteiger partial charge in [0.1, 0.15) is 11.6 Å². The van der Waals surface area contributed by atoms with Crippen molar-refractivity contribution in [3.05, 3.63) is 29.6 Å². The van der Waals surface area contributed by atoms with Crippen molar-refractivity contribution in [3.63, 3.8) is 0 Å². The van der Waals surface area contributed by atoms with Crippen LogP contribution in [-0.4, -0.2) is 12.2 Å². The Hall–Kier alpha value is -1.09. The van der Waals surface area contributed by atoms with Crippen molar-refractivity contribution in [2.75, 3.05) is 7.11 Å². The van der Waals surface area contributed by atoms with Crippen LogP contribution in [0.2, 0.25) is 0 Å². The first kappa shape index (κ1) is 9.00. The molecule has 0 unspecified atom stereocenters. The summed E-state index contributed by atoms with van der Waals surface area (Å²) < 4.78 is 17.8. The van der Waals surface area contributed by atoms with E-state index >= 15 is 0 Å². The minimum Gasteiger partial charge on any atom is -0.497 e. The molecule has 66 valence electrons. The molecule has 1 rings (SSSR count). The van der Waals surface area contributed by atoms with Gasteiger partial charge in [-0.1, -0.05) is 0 Å². The summed E-state index contributed by atoms with van der Waals surface area (Å²) in [4.78, 5) is 0. The highest BCUT2D eigenvalue weighted by atomic mass is 19.1. The van der Waals surface area contributed by atoms with Gasteiger partial charge < -0.3 is 9.84 Å². The fourth-order valence-electron chi connectivity index (χ4n) is 0.969. The Labute approximate surface area is 70.6 Å². The lowest BCUT2D eigenvalue weighted by Gasteiger charge is -2.07. The first-order valence-electron chi connectivity index (χ1n) is 3.66. The van der Waals surface area contributed by atoms with Gasteiger partial charge in [-0.3, -0.25) is 0 Å². The van der Waals surface area contributed by atoms with Crippen LogP contribution in [0, 0.1) is 5.82 Å². The quantitative estimate of drug-likeness (QED) is 0.734. The number of aliphatic hydroxyl groups is 1. The molecule has 2 nitrogen and oxygen atoms in total. The topological polar surface area (TPSA) is 29.5 Å². The van der Waals surface area contributed by atoms with Crippen molar-refractivity contribution >= 4 is 0 Å². The maximum absolute atomic E-state index is 12.9. The molecular weight excluding hydrogens is 159 g/mol. The van der Waals surface area contributed by atoms with E-state index in [0.717, 1.165) is 0 Å². The van der Waals surface area contributed by atoms with E-state index in [0.29, 0.717) is 5.75 Å². The molecule has 0 aliphatic carbocycles. The Kier molecular flexibility index (Phi) is 2.65. The van der Waals surface area contributed by atoms with Crippen LogP contribution in [0.15, 0.2) is 18.2 Å². The summed E-state index contributed by atoms with van der Waals surface area (Å²) in [6, 6.07) is 4.28. The standard InChI is InChI=1S/C9H11FO2/c1-6(11)8-5-7(12-2)3-4-9(8)10/h3-6,11H,1-2H3/t6-/m0/s1. The van der Waals surface area contributed by atoms with Crippen LogP contribution >= 0.6 is 0 Å². The lowest BCUT2D eigenvalue weighted by atomic mass is 10.1. The van der Waals surface area contributed by atoms with E-state index in [-0.39, 0.29) is 5.56 Å². The molecule has 0 saturated carbocycles. The summed E-state index contributed by atoms with van der Waals surface area (Å²) in [7, 11) is 1.50. The molecule has 1 aromatic carbocycles. The Bertz CT molecular complexity index is 271. The van der Waals surface area contributed by atoms with Crippen LogP contribution in [0.25, 0.3) is 0 Å². The third-order valence-corrected chi connectivity index (χ3v) is 1.65. The minimum absolute atomic E-state index is 0.259. The van der Waals surface area contributed by atoms with Gasteiger partial charge in [0, 0.05) is 5.56 Å². The molecule has 3 heteroatoms. The number of hydrogen-bond acceptors (Lipinski definition) is 2. The number of benzene rings is 1. The lowest BCUT2D eigenvalue weighted by Crippen LogP contribution is -1.96. The molecule has 12 heavy (non-hydrogen) atoms. The van der Waals surface area contributed by atoms with Crippen molar-refractivity contribution in [2.45, 2.75) is 13.0 Å². The molecule has 0 aromatic heterocycles. The van der Waals surface area contributed by atoms with Gasteiger partial charge in [-0.05, 0) is 25.1 Å². The normalized spacial score (nSPS) is 12.7. The maximum Gasteiger partial charge on any atom is 0.129 e. The van der Waals surface area contributed by atoms with Crippen molar-refractivity contribution in [2.24, 2.45) is 0 Å². The van der Waals surface area contributed by atoms with Gasteiger partial charge in [0.05, 0.1) is 13.2 Å². The van der Waals surface area contributed by atoms with Gasteiger partial charge >= 0.3 is 0 Å². The number of halogens is 1. The molecule has 0 aliphatic rings. The Balaban J connectivity index is 3.08. The van der Waals surface area contributed by atoms with E-state index < -0.39 is 11.9 Å². The summed E-state index contributed by atoms with van der Waals surface area (Å²) in [5.41, 5.74) is 0.259. The Morgan fingerprint density at radius 3 is 2.67 bits per heavy atom. The van der Waals surface area contributed by atoms with E-state index in [1.807, 2.05) is 0 Å². The summed E-state index contributed by atoms with van der Waals surface area (Å²) in [6.07, 6.45) is -0.805. The molecule has 1 aromatic rings. The van der Waals surface area contributed by atoms with Gasteiger partial charge in [-0.15, -0.1) is 0 Å². The maximum atomic E-state index is 12.9. The van der Waals surface area contributed by atoms with Gasteiger partial charge in [0.15, 0.2) is 0 Å². The average molecular weight is 170 g/mol. The molecule has 0 bridgehead atoms. The first-order valence-corrected chi connectivity index (χ1v) is 3.66. The molecule has 0 heterocycles. The molecule has 0 spiro atoms. The zero-order valence-corrected chi connectivity index (χ0v) is 7.04. The van der Waals surface area contributed by atoms with E-state index in [2.05, 4.69) is 0 Å².